The fraction of sp³-hybridized carbons (Fsp3) is 0.286. The average Bonchev–Trinajstić information content (AvgIpc) is 2.89. The van der Waals surface area contributed by atoms with E-state index in [4.69, 9.17) is 5.73 Å². The fourth-order valence-electron chi connectivity index (χ4n) is 1.81. The molecule has 0 fully saturated rings. The van der Waals surface area contributed by atoms with Gasteiger partial charge in [-0.1, -0.05) is 18.2 Å². The predicted molar refractivity (Wildman–Crippen MR) is 92.6 cm³/mol. The number of nitrogens with zero attached hydrogens (tertiary/aromatic N) is 3. The van der Waals surface area contributed by atoms with Gasteiger partial charge in [0.1, 0.15) is 0 Å². The van der Waals surface area contributed by atoms with Crippen LogP contribution in [0.4, 0.5) is 0 Å². The number of imidazole rings is 1. The number of halogens is 1. The molecule has 3 N–H and O–H groups in total. The van der Waals surface area contributed by atoms with Crippen molar-refractivity contribution >= 4 is 29.9 Å². The molecule has 0 atom stereocenters. The van der Waals surface area contributed by atoms with Crippen LogP contribution in [-0.2, 0) is 6.54 Å². The summed E-state index contributed by atoms with van der Waals surface area (Å²) < 4.78 is 1.97. The Balaban J connectivity index is 0.00000200. The van der Waals surface area contributed by atoms with Gasteiger partial charge in [0.25, 0.3) is 0 Å². The SMILES string of the molecule is CC(C)NC(N)=NCc1ccccc1-n1ccnc1.I. The first kappa shape index (κ1) is 16.5. The first-order chi connectivity index (χ1) is 9.16. The lowest BCUT2D eigenvalue weighted by atomic mass is 10.2. The van der Waals surface area contributed by atoms with E-state index in [0.29, 0.717) is 12.5 Å². The first-order valence-electron chi connectivity index (χ1n) is 6.29. The van der Waals surface area contributed by atoms with Crippen molar-refractivity contribution in [3.8, 4) is 5.69 Å². The summed E-state index contributed by atoms with van der Waals surface area (Å²) in [5, 5.41) is 3.08. The van der Waals surface area contributed by atoms with E-state index in [1.54, 1.807) is 12.5 Å². The van der Waals surface area contributed by atoms with Gasteiger partial charge < -0.3 is 15.6 Å². The van der Waals surface area contributed by atoms with E-state index in [1.165, 1.54) is 0 Å². The summed E-state index contributed by atoms with van der Waals surface area (Å²) in [7, 11) is 0. The number of aliphatic imine (C=N–C) groups is 1. The van der Waals surface area contributed by atoms with Crippen LogP contribution in [0.15, 0.2) is 48.0 Å². The van der Waals surface area contributed by atoms with E-state index in [1.807, 2.05) is 48.9 Å². The lowest BCUT2D eigenvalue weighted by molar-refractivity contribution is 0.723. The molecule has 0 saturated heterocycles. The third kappa shape index (κ3) is 4.52. The number of hydrogen-bond donors (Lipinski definition) is 2. The van der Waals surface area contributed by atoms with Gasteiger partial charge in [-0.25, -0.2) is 9.98 Å². The summed E-state index contributed by atoms with van der Waals surface area (Å²) in [6, 6.07) is 8.36. The molecule has 20 heavy (non-hydrogen) atoms. The molecular formula is C14H20IN5. The molecule has 6 heteroatoms. The molecule has 1 heterocycles. The highest BCUT2D eigenvalue weighted by Gasteiger charge is 2.03. The molecule has 2 rings (SSSR count). The Bertz CT molecular complexity index is 548. The molecule has 0 saturated carbocycles. The maximum absolute atomic E-state index is 5.81. The third-order valence-electron chi connectivity index (χ3n) is 2.63. The predicted octanol–water partition coefficient (Wildman–Crippen LogP) is 2.30. The van der Waals surface area contributed by atoms with Crippen molar-refractivity contribution in [1.82, 2.24) is 14.9 Å². The van der Waals surface area contributed by atoms with Crippen molar-refractivity contribution in [2.45, 2.75) is 26.4 Å². The Morgan fingerprint density at radius 3 is 2.80 bits per heavy atom. The monoisotopic (exact) mass is 385 g/mol. The van der Waals surface area contributed by atoms with Crippen LogP contribution in [0.2, 0.25) is 0 Å². The van der Waals surface area contributed by atoms with Crippen LogP contribution in [0.5, 0.6) is 0 Å². The molecule has 108 valence electrons. The van der Waals surface area contributed by atoms with Crippen molar-refractivity contribution in [1.29, 1.82) is 0 Å². The molecule has 1 aromatic carbocycles. The number of guanidine groups is 1. The Morgan fingerprint density at radius 1 is 1.40 bits per heavy atom. The van der Waals surface area contributed by atoms with Crippen LogP contribution in [-0.4, -0.2) is 21.6 Å². The fourth-order valence-corrected chi connectivity index (χ4v) is 1.81. The summed E-state index contributed by atoms with van der Waals surface area (Å²) in [5.74, 6) is 0.468. The number of nitrogens with two attached hydrogens (primary N) is 1. The molecule has 0 spiro atoms. The molecule has 2 aromatic rings. The Kier molecular flexibility index (Phi) is 6.50. The normalized spacial score (nSPS) is 11.2. The average molecular weight is 385 g/mol. The molecule has 0 aliphatic heterocycles. The number of aromatic nitrogens is 2. The zero-order chi connectivity index (χ0) is 13.7. The number of rotatable bonds is 4. The van der Waals surface area contributed by atoms with Crippen molar-refractivity contribution in [2.75, 3.05) is 0 Å². The van der Waals surface area contributed by atoms with Crippen LogP contribution in [0, 0.1) is 0 Å². The molecular weight excluding hydrogens is 365 g/mol. The highest BCUT2D eigenvalue weighted by atomic mass is 127. The van der Waals surface area contributed by atoms with E-state index >= 15 is 0 Å². The lowest BCUT2D eigenvalue weighted by Gasteiger charge is -2.10. The number of nitrogens with one attached hydrogen (secondary N) is 1. The van der Waals surface area contributed by atoms with E-state index in [9.17, 15) is 0 Å². The first-order valence-corrected chi connectivity index (χ1v) is 6.29. The van der Waals surface area contributed by atoms with Gasteiger partial charge in [-0.3, -0.25) is 0 Å². The summed E-state index contributed by atoms with van der Waals surface area (Å²) in [6.45, 7) is 4.60. The second-order valence-electron chi connectivity index (χ2n) is 4.60. The number of hydrogen-bond acceptors (Lipinski definition) is 2. The molecule has 0 unspecified atom stereocenters. The Morgan fingerprint density at radius 2 is 2.15 bits per heavy atom. The van der Waals surface area contributed by atoms with Gasteiger partial charge in [-0.05, 0) is 25.5 Å². The standard InChI is InChI=1S/C14H19N5.HI/c1-11(2)18-14(15)17-9-12-5-3-4-6-13(12)19-8-7-16-10-19;/h3-8,10-11H,9H2,1-2H3,(H3,15,17,18);1H. The van der Waals surface area contributed by atoms with E-state index < -0.39 is 0 Å². The largest absolute Gasteiger partial charge is 0.370 e. The van der Waals surface area contributed by atoms with Crippen LogP contribution in [0.1, 0.15) is 19.4 Å². The van der Waals surface area contributed by atoms with Crippen LogP contribution in [0.25, 0.3) is 5.69 Å². The third-order valence-corrected chi connectivity index (χ3v) is 2.63. The van der Waals surface area contributed by atoms with Crippen LogP contribution in [0.3, 0.4) is 0 Å². The number of para-hydroxylation sites is 1. The zero-order valence-corrected chi connectivity index (χ0v) is 14.0. The Hall–Kier alpha value is -1.57. The van der Waals surface area contributed by atoms with Crippen molar-refractivity contribution in [3.05, 3.63) is 48.5 Å². The van der Waals surface area contributed by atoms with Gasteiger partial charge in [0.15, 0.2) is 5.96 Å². The smallest absolute Gasteiger partial charge is 0.189 e. The summed E-state index contributed by atoms with van der Waals surface area (Å²) in [4.78, 5) is 8.42. The topological polar surface area (TPSA) is 68.2 Å². The molecule has 0 amide bonds. The van der Waals surface area contributed by atoms with E-state index in [-0.39, 0.29) is 30.0 Å². The van der Waals surface area contributed by atoms with Crippen molar-refractivity contribution in [2.24, 2.45) is 10.7 Å². The highest BCUT2D eigenvalue weighted by Crippen LogP contribution is 2.14. The van der Waals surface area contributed by atoms with E-state index in [0.717, 1.165) is 11.3 Å². The van der Waals surface area contributed by atoms with Gasteiger partial charge in [0, 0.05) is 18.4 Å². The van der Waals surface area contributed by atoms with Crippen LogP contribution >= 0.6 is 24.0 Å². The van der Waals surface area contributed by atoms with Gasteiger partial charge in [-0.2, -0.15) is 0 Å². The number of benzene rings is 1. The minimum absolute atomic E-state index is 0. The molecule has 1 aromatic heterocycles. The maximum atomic E-state index is 5.81. The van der Waals surface area contributed by atoms with Gasteiger partial charge in [0.2, 0.25) is 0 Å². The quantitative estimate of drug-likeness (QED) is 0.482. The summed E-state index contributed by atoms with van der Waals surface area (Å²) in [6.07, 6.45) is 5.45. The summed E-state index contributed by atoms with van der Waals surface area (Å²) in [5.41, 5.74) is 7.99. The second kappa shape index (κ2) is 7.88. The van der Waals surface area contributed by atoms with E-state index in [2.05, 4.69) is 15.3 Å². The van der Waals surface area contributed by atoms with Crippen molar-refractivity contribution in [3.63, 3.8) is 0 Å². The minimum Gasteiger partial charge on any atom is -0.370 e. The van der Waals surface area contributed by atoms with Gasteiger partial charge in [-0.15, -0.1) is 24.0 Å². The van der Waals surface area contributed by atoms with Crippen LogP contribution < -0.4 is 11.1 Å². The van der Waals surface area contributed by atoms with Gasteiger partial charge in [0.05, 0.1) is 18.6 Å². The zero-order valence-electron chi connectivity index (χ0n) is 11.7. The molecule has 0 aliphatic carbocycles. The molecule has 0 aliphatic rings. The summed E-state index contributed by atoms with van der Waals surface area (Å²) >= 11 is 0. The molecule has 0 radical (unpaired) electrons. The molecule has 5 nitrogen and oxygen atoms in total. The maximum Gasteiger partial charge on any atom is 0.189 e. The highest BCUT2D eigenvalue weighted by molar-refractivity contribution is 14.0. The van der Waals surface area contributed by atoms with Gasteiger partial charge >= 0.3 is 0 Å². The molecule has 0 bridgehead atoms. The minimum atomic E-state index is 0. The lowest BCUT2D eigenvalue weighted by Crippen LogP contribution is -2.36. The Labute approximate surface area is 136 Å². The van der Waals surface area contributed by atoms with Crippen molar-refractivity contribution < 1.29 is 0 Å². The second-order valence-corrected chi connectivity index (χ2v) is 4.60.